The molecule has 1 N–H and O–H groups in total. The summed E-state index contributed by atoms with van der Waals surface area (Å²) in [5.41, 5.74) is 1.04. The molecule has 0 unspecified atom stereocenters. The number of carboxylic acids is 1. The lowest BCUT2D eigenvalue weighted by molar-refractivity contribution is -0.192. The Hall–Kier alpha value is -3.02. The molecule has 1 saturated heterocycles. The summed E-state index contributed by atoms with van der Waals surface area (Å²) in [5.74, 6) is -2.84. The highest BCUT2D eigenvalue weighted by Gasteiger charge is 2.38. The van der Waals surface area contributed by atoms with Gasteiger partial charge >= 0.3 is 18.3 Å². The smallest absolute Gasteiger partial charge is 0.490 e. The molecule has 34 heavy (non-hydrogen) atoms. The highest BCUT2D eigenvalue weighted by atomic mass is 19.4. The monoisotopic (exact) mass is 493 g/mol. The normalized spacial score (nSPS) is 14.9. The van der Waals surface area contributed by atoms with E-state index in [9.17, 15) is 26.3 Å². The molecule has 1 aliphatic heterocycles. The van der Waals surface area contributed by atoms with Crippen LogP contribution < -0.4 is 9.64 Å². The number of aliphatic carboxylic acids is 1. The van der Waals surface area contributed by atoms with Crippen LogP contribution in [0.1, 0.15) is 17.5 Å². The zero-order chi connectivity index (χ0) is 25.4. The number of alkyl halides is 6. The van der Waals surface area contributed by atoms with Crippen molar-refractivity contribution in [2.45, 2.75) is 25.7 Å². The summed E-state index contributed by atoms with van der Waals surface area (Å²) in [6.45, 7) is 6.46. The lowest BCUT2D eigenvalue weighted by Gasteiger charge is -2.36. The number of anilines is 1. The predicted octanol–water partition coefficient (Wildman–Crippen LogP) is 4.63. The van der Waals surface area contributed by atoms with E-state index in [2.05, 4.69) is 14.8 Å². The first-order valence-corrected chi connectivity index (χ1v) is 10.4. The number of piperazine rings is 1. The average molecular weight is 493 g/mol. The molecule has 3 rings (SSSR count). The van der Waals surface area contributed by atoms with E-state index >= 15 is 0 Å². The van der Waals surface area contributed by atoms with E-state index in [4.69, 9.17) is 14.6 Å². The third-order valence-corrected chi connectivity index (χ3v) is 4.96. The molecule has 2 heterocycles. The van der Waals surface area contributed by atoms with Crippen LogP contribution in [-0.4, -0.2) is 66.5 Å². The van der Waals surface area contributed by atoms with Crippen molar-refractivity contribution in [2.24, 2.45) is 0 Å². The number of rotatable bonds is 6. The van der Waals surface area contributed by atoms with Crippen molar-refractivity contribution >= 4 is 11.7 Å². The number of ether oxygens (including phenoxy) is 1. The molecule has 2 aromatic rings. The average Bonchev–Trinajstić information content (AvgIpc) is 2.77. The van der Waals surface area contributed by atoms with Crippen LogP contribution in [0.3, 0.4) is 0 Å². The first kappa shape index (κ1) is 27.2. The van der Waals surface area contributed by atoms with Gasteiger partial charge in [0.1, 0.15) is 5.75 Å². The molecular weight excluding hydrogens is 468 g/mol. The molecule has 6 nitrogen and oxygen atoms in total. The number of nitrogens with zero attached hydrogens (tertiary/aromatic N) is 3. The fraction of sp³-hybridized carbons (Fsp3) is 0.455. The Morgan fingerprint density at radius 2 is 1.62 bits per heavy atom. The van der Waals surface area contributed by atoms with Gasteiger partial charge in [0.25, 0.3) is 0 Å². The highest BCUT2D eigenvalue weighted by Crippen LogP contribution is 2.36. The number of pyridine rings is 1. The Balaban J connectivity index is 0.000000509. The largest absolute Gasteiger partial charge is 0.493 e. The van der Waals surface area contributed by atoms with E-state index in [1.54, 1.807) is 25.4 Å². The standard InChI is InChI=1S/C20H24F3N3O.C2HF3O2/c1-16-3-4-19(18(15-16)20(21,22)23)27-14-2-9-25-10-12-26(13-11-25)17-5-7-24-8-6-17;3-2(4,5)1(6)7/h3-8,15H,2,9-14H2,1H3;(H,6,7). The number of benzene rings is 1. The molecule has 1 fully saturated rings. The molecule has 0 bridgehead atoms. The molecule has 1 aromatic heterocycles. The SMILES string of the molecule is Cc1ccc(OCCCN2CCN(c3ccncc3)CC2)c(C(F)(F)F)c1.O=C(O)C(F)(F)F. The van der Waals surface area contributed by atoms with Crippen molar-refractivity contribution in [3.8, 4) is 5.75 Å². The number of carbonyl (C=O) groups is 1. The van der Waals surface area contributed by atoms with E-state index < -0.39 is 23.9 Å². The summed E-state index contributed by atoms with van der Waals surface area (Å²) in [5, 5.41) is 7.12. The summed E-state index contributed by atoms with van der Waals surface area (Å²) >= 11 is 0. The van der Waals surface area contributed by atoms with E-state index in [0.717, 1.165) is 38.8 Å². The van der Waals surface area contributed by atoms with Crippen LogP contribution in [0.25, 0.3) is 0 Å². The Morgan fingerprint density at radius 1 is 1.03 bits per heavy atom. The van der Waals surface area contributed by atoms with Crippen LogP contribution >= 0.6 is 0 Å². The third kappa shape index (κ3) is 8.73. The van der Waals surface area contributed by atoms with Crippen LogP contribution in [0, 0.1) is 6.92 Å². The van der Waals surface area contributed by atoms with E-state index in [0.29, 0.717) is 12.0 Å². The molecular formula is C22H25F6N3O3. The Morgan fingerprint density at radius 3 is 2.15 bits per heavy atom. The van der Waals surface area contributed by atoms with Crippen LogP contribution in [0.2, 0.25) is 0 Å². The lowest BCUT2D eigenvalue weighted by atomic mass is 10.1. The van der Waals surface area contributed by atoms with Crippen LogP contribution in [0.15, 0.2) is 42.7 Å². The predicted molar refractivity (Wildman–Crippen MR) is 113 cm³/mol. The minimum atomic E-state index is -5.08. The second-order valence-corrected chi connectivity index (χ2v) is 7.54. The van der Waals surface area contributed by atoms with Crippen molar-refractivity contribution in [3.05, 3.63) is 53.9 Å². The third-order valence-electron chi connectivity index (χ3n) is 4.96. The van der Waals surface area contributed by atoms with E-state index in [1.807, 2.05) is 12.1 Å². The Kier molecular flexibility index (Phi) is 9.54. The molecule has 0 atom stereocenters. The number of hydrogen-bond acceptors (Lipinski definition) is 5. The molecule has 0 spiro atoms. The molecule has 0 aliphatic carbocycles. The molecule has 1 aliphatic rings. The van der Waals surface area contributed by atoms with Crippen molar-refractivity contribution in [3.63, 3.8) is 0 Å². The van der Waals surface area contributed by atoms with Gasteiger partial charge in [0, 0.05) is 50.8 Å². The van der Waals surface area contributed by atoms with Gasteiger partial charge in [-0.05, 0) is 37.6 Å². The Labute approximate surface area is 192 Å². The highest BCUT2D eigenvalue weighted by molar-refractivity contribution is 5.73. The Bertz CT molecular complexity index is 914. The van der Waals surface area contributed by atoms with Crippen molar-refractivity contribution in [2.75, 3.05) is 44.2 Å². The minimum Gasteiger partial charge on any atom is -0.493 e. The summed E-state index contributed by atoms with van der Waals surface area (Å²) in [4.78, 5) is 17.6. The topological polar surface area (TPSA) is 65.9 Å². The fourth-order valence-corrected chi connectivity index (χ4v) is 3.25. The lowest BCUT2D eigenvalue weighted by Crippen LogP contribution is -2.46. The summed E-state index contributed by atoms with van der Waals surface area (Å²) in [6, 6.07) is 8.19. The first-order valence-electron chi connectivity index (χ1n) is 10.4. The van der Waals surface area contributed by atoms with Crippen LogP contribution in [0.4, 0.5) is 32.0 Å². The number of halogens is 6. The fourth-order valence-electron chi connectivity index (χ4n) is 3.25. The van der Waals surface area contributed by atoms with Gasteiger partial charge in [-0.2, -0.15) is 26.3 Å². The van der Waals surface area contributed by atoms with Crippen molar-refractivity contribution < 1.29 is 41.0 Å². The van der Waals surface area contributed by atoms with Gasteiger partial charge in [-0.1, -0.05) is 11.6 Å². The van der Waals surface area contributed by atoms with Crippen molar-refractivity contribution in [1.29, 1.82) is 0 Å². The number of aromatic nitrogens is 1. The summed E-state index contributed by atoms with van der Waals surface area (Å²) in [6.07, 6.45) is -5.20. The van der Waals surface area contributed by atoms with Crippen LogP contribution in [-0.2, 0) is 11.0 Å². The maximum absolute atomic E-state index is 13.1. The first-order chi connectivity index (χ1) is 15.9. The van der Waals surface area contributed by atoms with E-state index in [1.165, 1.54) is 11.8 Å². The second-order valence-electron chi connectivity index (χ2n) is 7.54. The maximum atomic E-state index is 13.1. The van der Waals surface area contributed by atoms with Gasteiger partial charge < -0.3 is 14.7 Å². The van der Waals surface area contributed by atoms with Gasteiger partial charge in [0.2, 0.25) is 0 Å². The van der Waals surface area contributed by atoms with Gasteiger partial charge in [-0.15, -0.1) is 0 Å². The molecule has 0 saturated carbocycles. The molecule has 0 amide bonds. The molecule has 0 radical (unpaired) electrons. The summed E-state index contributed by atoms with van der Waals surface area (Å²) < 4.78 is 76.5. The zero-order valence-electron chi connectivity index (χ0n) is 18.4. The molecule has 1 aromatic carbocycles. The quantitative estimate of drug-likeness (QED) is 0.468. The number of carboxylic acid groups (broad SMARTS) is 1. The summed E-state index contributed by atoms with van der Waals surface area (Å²) in [7, 11) is 0. The van der Waals surface area contributed by atoms with Gasteiger partial charge in [-0.25, -0.2) is 4.79 Å². The van der Waals surface area contributed by atoms with Gasteiger partial charge in [0.05, 0.1) is 12.2 Å². The molecule has 12 heteroatoms. The van der Waals surface area contributed by atoms with E-state index in [-0.39, 0.29) is 12.4 Å². The minimum absolute atomic E-state index is 0.0874. The van der Waals surface area contributed by atoms with Gasteiger partial charge in [0.15, 0.2) is 0 Å². The van der Waals surface area contributed by atoms with Crippen molar-refractivity contribution in [1.82, 2.24) is 9.88 Å². The number of hydrogen-bond donors (Lipinski definition) is 1. The molecule has 188 valence electrons. The van der Waals surface area contributed by atoms with Crippen LogP contribution in [0.5, 0.6) is 5.75 Å². The second kappa shape index (κ2) is 11.9. The maximum Gasteiger partial charge on any atom is 0.490 e. The zero-order valence-corrected chi connectivity index (χ0v) is 18.4. The van der Waals surface area contributed by atoms with Gasteiger partial charge in [-0.3, -0.25) is 9.88 Å². The number of aryl methyl sites for hydroxylation is 1.